The first-order chi connectivity index (χ1) is 17.4. The maximum atomic E-state index is 13.2. The molecule has 2 aromatic rings. The van der Waals surface area contributed by atoms with Gasteiger partial charge in [-0.25, -0.2) is 5.01 Å². The lowest BCUT2D eigenvalue weighted by Crippen LogP contribution is -2.47. The Hall–Kier alpha value is -3.35. The Morgan fingerprint density at radius 1 is 1.08 bits per heavy atom. The summed E-state index contributed by atoms with van der Waals surface area (Å²) in [4.78, 5) is 24.1. The van der Waals surface area contributed by atoms with Gasteiger partial charge in [-0.3, -0.25) is 9.59 Å². The molecule has 1 atom stereocenters. The van der Waals surface area contributed by atoms with E-state index < -0.39 is 18.0 Å². The molecular formula is C24H24F5N3O4S. The molecule has 2 amide bonds. The van der Waals surface area contributed by atoms with E-state index in [-0.39, 0.29) is 22.7 Å². The number of halogens is 5. The molecule has 0 bridgehead atoms. The third-order valence-corrected chi connectivity index (χ3v) is 6.56. The van der Waals surface area contributed by atoms with E-state index in [4.69, 9.17) is 9.47 Å². The molecule has 0 saturated heterocycles. The molecule has 0 aromatic heterocycles. The monoisotopic (exact) mass is 545 g/mol. The predicted molar refractivity (Wildman–Crippen MR) is 129 cm³/mol. The number of carbonyl (C=O) groups excluding carboxylic acids is 2. The van der Waals surface area contributed by atoms with Crippen LogP contribution in [0.15, 0.2) is 47.6 Å². The third-order valence-electron chi connectivity index (χ3n) is 5.30. The van der Waals surface area contributed by atoms with Crippen LogP contribution < -0.4 is 14.8 Å². The molecule has 1 aliphatic heterocycles. The number of benzene rings is 2. The van der Waals surface area contributed by atoms with E-state index in [1.54, 1.807) is 17.4 Å². The van der Waals surface area contributed by atoms with E-state index in [1.807, 2.05) is 19.9 Å². The van der Waals surface area contributed by atoms with Gasteiger partial charge in [0.05, 0.1) is 31.2 Å². The number of nitrogens with zero attached hydrogens (tertiary/aromatic N) is 2. The van der Waals surface area contributed by atoms with Crippen molar-refractivity contribution in [2.75, 3.05) is 19.0 Å². The minimum atomic E-state index is -6.01. The number of anilines is 1. The molecule has 1 aliphatic rings. The SMILES string of the molecule is CCOc1cc(C2=NN(Cc3ccc(NC(=O)C(F)(F)C(F)(F)F)cc3)C(=O)SC2CC)ccc1OC. The molecule has 0 fully saturated rings. The average molecular weight is 546 g/mol. The van der Waals surface area contributed by atoms with Crippen LogP contribution in [0.1, 0.15) is 31.4 Å². The standard InChI is InChI=1S/C24H24F5N3O4S/c1-4-19-20(15-8-11-17(35-3)18(12-15)36-5-2)31-32(22(34)37-19)13-14-6-9-16(10-7-14)30-21(33)23(25,26)24(27,28)29/h6-12,19H,4-5,13H2,1-3H3,(H,30,33). The predicted octanol–water partition coefficient (Wildman–Crippen LogP) is 6.08. The first-order valence-electron chi connectivity index (χ1n) is 11.1. The number of rotatable bonds is 9. The molecule has 1 unspecified atom stereocenters. The summed E-state index contributed by atoms with van der Waals surface area (Å²) in [6, 6.07) is 10.5. The van der Waals surface area contributed by atoms with Gasteiger partial charge < -0.3 is 14.8 Å². The Morgan fingerprint density at radius 3 is 2.32 bits per heavy atom. The Bertz CT molecular complexity index is 1170. The summed E-state index contributed by atoms with van der Waals surface area (Å²) in [5, 5.41) is 6.83. The van der Waals surface area contributed by atoms with Crippen LogP contribution >= 0.6 is 11.8 Å². The molecule has 0 aliphatic carbocycles. The largest absolute Gasteiger partial charge is 0.493 e. The fraction of sp³-hybridized carbons (Fsp3) is 0.375. The molecule has 0 radical (unpaired) electrons. The maximum Gasteiger partial charge on any atom is 0.463 e. The summed E-state index contributed by atoms with van der Waals surface area (Å²) in [6.07, 6.45) is -5.38. The molecule has 0 spiro atoms. The van der Waals surface area contributed by atoms with Gasteiger partial charge >= 0.3 is 23.2 Å². The van der Waals surface area contributed by atoms with Crippen LogP contribution in [0.25, 0.3) is 0 Å². The maximum absolute atomic E-state index is 13.2. The second-order valence-electron chi connectivity index (χ2n) is 7.85. The number of hydrazone groups is 1. The Labute approximate surface area is 214 Å². The quantitative estimate of drug-likeness (QED) is 0.386. The van der Waals surface area contributed by atoms with Crippen LogP contribution in [-0.4, -0.2) is 52.9 Å². The van der Waals surface area contributed by atoms with E-state index in [0.29, 0.717) is 35.8 Å². The lowest BCUT2D eigenvalue weighted by atomic mass is 10.0. The van der Waals surface area contributed by atoms with Crippen LogP contribution in [0.4, 0.5) is 32.4 Å². The van der Waals surface area contributed by atoms with Gasteiger partial charge in [0.15, 0.2) is 11.5 Å². The van der Waals surface area contributed by atoms with Gasteiger partial charge in [-0.2, -0.15) is 27.1 Å². The normalized spacial score (nSPS) is 16.3. The highest BCUT2D eigenvalue weighted by Gasteiger charge is 2.63. The number of alkyl halides is 5. The van der Waals surface area contributed by atoms with Crippen molar-refractivity contribution in [3.05, 3.63) is 53.6 Å². The van der Waals surface area contributed by atoms with Crippen molar-refractivity contribution in [1.29, 1.82) is 0 Å². The zero-order valence-electron chi connectivity index (χ0n) is 20.1. The molecule has 37 heavy (non-hydrogen) atoms. The molecule has 200 valence electrons. The van der Waals surface area contributed by atoms with Crippen molar-refractivity contribution < 1.29 is 41.0 Å². The molecule has 13 heteroatoms. The number of carbonyl (C=O) groups is 2. The smallest absolute Gasteiger partial charge is 0.463 e. The van der Waals surface area contributed by atoms with E-state index in [0.717, 1.165) is 17.3 Å². The third kappa shape index (κ3) is 6.32. The van der Waals surface area contributed by atoms with Crippen LogP contribution in [0.2, 0.25) is 0 Å². The molecule has 3 rings (SSSR count). The summed E-state index contributed by atoms with van der Waals surface area (Å²) in [5.74, 6) is -6.94. The van der Waals surface area contributed by atoms with Gasteiger partial charge in [0.1, 0.15) is 0 Å². The number of methoxy groups -OCH3 is 1. The van der Waals surface area contributed by atoms with Crippen molar-refractivity contribution >= 4 is 34.3 Å². The van der Waals surface area contributed by atoms with Crippen LogP contribution in [-0.2, 0) is 11.3 Å². The molecule has 7 nitrogen and oxygen atoms in total. The highest BCUT2D eigenvalue weighted by molar-refractivity contribution is 8.14. The van der Waals surface area contributed by atoms with Crippen LogP contribution in [0.3, 0.4) is 0 Å². The number of amides is 2. The lowest BCUT2D eigenvalue weighted by Gasteiger charge is -2.28. The highest BCUT2D eigenvalue weighted by Crippen LogP contribution is 2.37. The average Bonchev–Trinajstić information content (AvgIpc) is 2.85. The van der Waals surface area contributed by atoms with Gasteiger partial charge in [0.25, 0.3) is 0 Å². The highest BCUT2D eigenvalue weighted by atomic mass is 32.2. The molecule has 1 heterocycles. The Morgan fingerprint density at radius 2 is 1.76 bits per heavy atom. The summed E-state index contributed by atoms with van der Waals surface area (Å²) < 4.78 is 74.5. The van der Waals surface area contributed by atoms with Crippen molar-refractivity contribution in [3.63, 3.8) is 0 Å². The second-order valence-corrected chi connectivity index (χ2v) is 9.00. The number of hydrogen-bond acceptors (Lipinski definition) is 6. The minimum Gasteiger partial charge on any atom is -0.493 e. The minimum absolute atomic E-state index is 0.00712. The molecule has 2 aromatic carbocycles. The second kappa shape index (κ2) is 11.4. The summed E-state index contributed by atoms with van der Waals surface area (Å²) in [6.45, 7) is 4.20. The van der Waals surface area contributed by atoms with Gasteiger partial charge in [-0.1, -0.05) is 30.8 Å². The lowest BCUT2D eigenvalue weighted by molar-refractivity contribution is -0.267. The van der Waals surface area contributed by atoms with Crippen LogP contribution in [0, 0.1) is 0 Å². The number of nitrogens with one attached hydrogen (secondary N) is 1. The van der Waals surface area contributed by atoms with Gasteiger partial charge in [-0.05, 0) is 49.2 Å². The fourth-order valence-corrected chi connectivity index (χ4v) is 4.33. The zero-order chi connectivity index (χ0) is 27.4. The molecular weight excluding hydrogens is 521 g/mol. The van der Waals surface area contributed by atoms with Crippen LogP contribution in [0.5, 0.6) is 11.5 Å². The molecule has 0 saturated carbocycles. The summed E-state index contributed by atoms with van der Waals surface area (Å²) in [7, 11) is 1.53. The summed E-state index contributed by atoms with van der Waals surface area (Å²) in [5.41, 5.74) is 1.64. The van der Waals surface area contributed by atoms with E-state index in [2.05, 4.69) is 5.10 Å². The van der Waals surface area contributed by atoms with E-state index in [9.17, 15) is 31.5 Å². The van der Waals surface area contributed by atoms with E-state index >= 15 is 0 Å². The van der Waals surface area contributed by atoms with Crippen molar-refractivity contribution in [1.82, 2.24) is 5.01 Å². The van der Waals surface area contributed by atoms with Crippen molar-refractivity contribution in [2.24, 2.45) is 5.10 Å². The van der Waals surface area contributed by atoms with Gasteiger partial charge in [0, 0.05) is 11.3 Å². The number of hydrogen-bond donors (Lipinski definition) is 1. The molecule has 1 N–H and O–H groups in total. The Kier molecular flexibility index (Phi) is 8.67. The van der Waals surface area contributed by atoms with E-state index in [1.165, 1.54) is 36.4 Å². The number of thioether (sulfide) groups is 1. The summed E-state index contributed by atoms with van der Waals surface area (Å²) >= 11 is 1.10. The first-order valence-corrected chi connectivity index (χ1v) is 12.0. The van der Waals surface area contributed by atoms with Crippen molar-refractivity contribution in [3.8, 4) is 11.5 Å². The number of ether oxygens (including phenoxy) is 2. The van der Waals surface area contributed by atoms with Crippen molar-refractivity contribution in [2.45, 2.75) is 44.2 Å². The van der Waals surface area contributed by atoms with Gasteiger partial charge in [-0.15, -0.1) is 0 Å². The Balaban J connectivity index is 1.81. The topological polar surface area (TPSA) is 80.2 Å². The zero-order valence-corrected chi connectivity index (χ0v) is 20.9. The first kappa shape index (κ1) is 28.2. The van der Waals surface area contributed by atoms with Gasteiger partial charge in [0.2, 0.25) is 0 Å². The fourth-order valence-electron chi connectivity index (χ4n) is 3.40.